The smallest absolute Gasteiger partial charge is 0.188 e. The molecule has 0 bridgehead atoms. The third-order valence-electron chi connectivity index (χ3n) is 3.57. The van der Waals surface area contributed by atoms with E-state index in [-0.39, 0.29) is 5.78 Å². The van der Waals surface area contributed by atoms with Crippen molar-refractivity contribution in [1.82, 2.24) is 4.98 Å². The quantitative estimate of drug-likeness (QED) is 0.721. The molecule has 25 heavy (non-hydrogen) atoms. The van der Waals surface area contributed by atoms with Gasteiger partial charge in [-0.2, -0.15) is 0 Å². The molecule has 1 aliphatic carbocycles. The maximum absolute atomic E-state index is 11.2. The number of hydrogen-bond acceptors (Lipinski definition) is 4. The molecule has 0 aliphatic heterocycles. The van der Waals surface area contributed by atoms with E-state index in [4.69, 9.17) is 5.41 Å². The number of rotatable bonds is 2. The summed E-state index contributed by atoms with van der Waals surface area (Å²) in [4.78, 5) is 15.2. The fourth-order valence-electron chi connectivity index (χ4n) is 2.36. The number of pyridine rings is 1. The van der Waals surface area contributed by atoms with Crippen LogP contribution in [0.3, 0.4) is 0 Å². The van der Waals surface area contributed by atoms with Crippen molar-refractivity contribution in [1.29, 1.82) is 5.41 Å². The number of carbonyl (C=O) groups excluding carboxylic acids is 1. The predicted molar refractivity (Wildman–Crippen MR) is 101 cm³/mol. The number of ketones is 1. The van der Waals surface area contributed by atoms with Crippen molar-refractivity contribution < 1.29 is 4.79 Å². The van der Waals surface area contributed by atoms with Gasteiger partial charge in [-0.1, -0.05) is 36.4 Å². The maximum atomic E-state index is 11.2. The van der Waals surface area contributed by atoms with Crippen LogP contribution in [-0.2, 0) is 0 Å². The summed E-state index contributed by atoms with van der Waals surface area (Å²) in [6.07, 6.45) is 4.45. The average Bonchev–Trinajstić information content (AvgIpc) is 2.67. The van der Waals surface area contributed by atoms with Gasteiger partial charge in [0, 0.05) is 23.1 Å². The zero-order valence-electron chi connectivity index (χ0n) is 13.5. The van der Waals surface area contributed by atoms with Gasteiger partial charge in [0.05, 0.1) is 11.4 Å². The average molecular weight is 327 g/mol. The second kappa shape index (κ2) is 7.84. The second-order valence-electron chi connectivity index (χ2n) is 5.37. The van der Waals surface area contributed by atoms with Crippen LogP contribution in [0, 0.1) is 5.41 Å². The molecule has 0 fully saturated rings. The number of fused-ring (bicyclic) bond motifs is 1. The van der Waals surface area contributed by atoms with Crippen LogP contribution in [0.5, 0.6) is 0 Å². The second-order valence-corrected chi connectivity index (χ2v) is 5.37. The van der Waals surface area contributed by atoms with E-state index in [2.05, 4.69) is 10.3 Å². The van der Waals surface area contributed by atoms with Crippen LogP contribution in [-0.4, -0.2) is 16.5 Å². The van der Waals surface area contributed by atoms with Crippen molar-refractivity contribution in [2.45, 2.75) is 0 Å². The van der Waals surface area contributed by atoms with Crippen molar-refractivity contribution in [2.24, 2.45) is 0 Å². The lowest BCUT2D eigenvalue weighted by Gasteiger charge is -2.07. The molecular formula is C21H17N3O. The number of aromatic nitrogens is 1. The molecule has 1 heterocycles. The molecule has 2 N–H and O–H groups in total. The lowest BCUT2D eigenvalue weighted by molar-refractivity contribution is 0.104. The Morgan fingerprint density at radius 2 is 1.36 bits per heavy atom. The fourth-order valence-corrected chi connectivity index (χ4v) is 2.36. The Morgan fingerprint density at radius 3 is 1.92 bits per heavy atom. The molecular weight excluding hydrogens is 310 g/mol. The van der Waals surface area contributed by atoms with E-state index in [9.17, 15) is 4.79 Å². The van der Waals surface area contributed by atoms with E-state index in [0.29, 0.717) is 17.0 Å². The van der Waals surface area contributed by atoms with Gasteiger partial charge in [-0.15, -0.1) is 0 Å². The van der Waals surface area contributed by atoms with Gasteiger partial charge in [0.1, 0.15) is 0 Å². The molecule has 0 unspecified atom stereocenters. The minimum atomic E-state index is -0.0749. The molecule has 2 aromatic carbocycles. The highest BCUT2D eigenvalue weighted by Gasteiger charge is 2.16. The van der Waals surface area contributed by atoms with Crippen LogP contribution >= 0.6 is 0 Å². The van der Waals surface area contributed by atoms with Gasteiger partial charge >= 0.3 is 0 Å². The number of carbonyl (C=O) groups is 1. The van der Waals surface area contributed by atoms with Crippen LogP contribution in [0.1, 0.15) is 16.1 Å². The minimum absolute atomic E-state index is 0.0749. The first-order valence-electron chi connectivity index (χ1n) is 7.87. The van der Waals surface area contributed by atoms with Crippen LogP contribution in [0.2, 0.25) is 0 Å². The molecule has 0 radical (unpaired) electrons. The van der Waals surface area contributed by atoms with Crippen molar-refractivity contribution in [3.05, 3.63) is 102 Å². The first-order chi connectivity index (χ1) is 12.2. The first kappa shape index (κ1) is 16.3. The van der Waals surface area contributed by atoms with Gasteiger partial charge in [0.15, 0.2) is 5.78 Å². The van der Waals surface area contributed by atoms with Gasteiger partial charge in [0.2, 0.25) is 0 Å². The lowest BCUT2D eigenvalue weighted by Crippen LogP contribution is -2.12. The number of para-hydroxylation sites is 2. The van der Waals surface area contributed by atoms with E-state index in [1.165, 1.54) is 12.2 Å². The summed E-state index contributed by atoms with van der Waals surface area (Å²) in [5.74, 6) is -0.0749. The Balaban J connectivity index is 0.000000146. The van der Waals surface area contributed by atoms with Crippen molar-refractivity contribution >= 4 is 22.9 Å². The number of nitrogens with one attached hydrogen (secondary N) is 2. The molecule has 3 aromatic rings. The third kappa shape index (κ3) is 4.26. The molecule has 0 saturated heterocycles. The topological polar surface area (TPSA) is 65.8 Å². The number of nitrogens with zero attached hydrogens (tertiary/aromatic N) is 1. The minimum Gasteiger partial charge on any atom is -0.356 e. The van der Waals surface area contributed by atoms with E-state index < -0.39 is 0 Å². The number of anilines is 2. The Kier molecular flexibility index (Phi) is 5.12. The third-order valence-corrected chi connectivity index (χ3v) is 3.57. The summed E-state index contributed by atoms with van der Waals surface area (Å²) in [5.41, 5.74) is 3.53. The maximum Gasteiger partial charge on any atom is 0.188 e. The van der Waals surface area contributed by atoms with Crippen molar-refractivity contribution in [3.8, 4) is 0 Å². The van der Waals surface area contributed by atoms with Crippen LogP contribution < -0.4 is 5.32 Å². The van der Waals surface area contributed by atoms with E-state index in [0.717, 1.165) is 11.4 Å². The monoisotopic (exact) mass is 327 g/mol. The number of hydrogen-bond donors (Lipinski definition) is 2. The summed E-state index contributed by atoms with van der Waals surface area (Å²) < 4.78 is 0. The Hall–Kier alpha value is -3.53. The van der Waals surface area contributed by atoms with Crippen LogP contribution in [0.25, 0.3) is 0 Å². The SMILES string of the molecule is N=C1C=CC(=O)c2cccnc21.c1ccc(Nc2ccccc2)cc1. The highest BCUT2D eigenvalue weighted by atomic mass is 16.1. The summed E-state index contributed by atoms with van der Waals surface area (Å²) >= 11 is 0. The molecule has 0 atom stereocenters. The molecule has 1 aromatic heterocycles. The van der Waals surface area contributed by atoms with Gasteiger partial charge in [-0.3, -0.25) is 15.2 Å². The van der Waals surface area contributed by atoms with Gasteiger partial charge in [-0.25, -0.2) is 0 Å². The van der Waals surface area contributed by atoms with Gasteiger partial charge in [0.25, 0.3) is 0 Å². The largest absolute Gasteiger partial charge is 0.356 e. The Morgan fingerprint density at radius 1 is 0.760 bits per heavy atom. The van der Waals surface area contributed by atoms with Crippen LogP contribution in [0.15, 0.2) is 91.1 Å². The van der Waals surface area contributed by atoms with E-state index in [1.54, 1.807) is 18.3 Å². The zero-order chi connectivity index (χ0) is 17.5. The standard InChI is InChI=1S/C12H11N.C9H6N2O/c1-3-7-11(8-4-1)13-12-9-5-2-6-10-12;10-7-3-4-8(12)6-2-1-5-11-9(6)7/h1-10,13H;1-5,10H. The molecule has 0 amide bonds. The molecule has 0 spiro atoms. The van der Waals surface area contributed by atoms with Crippen LogP contribution in [0.4, 0.5) is 11.4 Å². The van der Waals surface area contributed by atoms with Gasteiger partial charge in [-0.05, 0) is 48.6 Å². The molecule has 4 heteroatoms. The predicted octanol–water partition coefficient (Wildman–Crippen LogP) is 4.63. The first-order valence-corrected chi connectivity index (χ1v) is 7.87. The van der Waals surface area contributed by atoms with Crippen molar-refractivity contribution in [3.63, 3.8) is 0 Å². The van der Waals surface area contributed by atoms with E-state index in [1.807, 2.05) is 60.7 Å². The summed E-state index contributed by atoms with van der Waals surface area (Å²) in [6.45, 7) is 0. The van der Waals surface area contributed by atoms with Crippen molar-refractivity contribution in [2.75, 3.05) is 5.32 Å². The zero-order valence-corrected chi connectivity index (χ0v) is 13.5. The molecule has 4 nitrogen and oxygen atoms in total. The number of allylic oxidation sites excluding steroid dienone is 2. The number of benzene rings is 2. The molecule has 122 valence electrons. The fraction of sp³-hybridized carbons (Fsp3) is 0. The lowest BCUT2D eigenvalue weighted by atomic mass is 10.00. The molecule has 4 rings (SSSR count). The highest BCUT2D eigenvalue weighted by Crippen LogP contribution is 2.14. The Bertz CT molecular complexity index is 828. The molecule has 1 aliphatic rings. The normalized spacial score (nSPS) is 12.0. The van der Waals surface area contributed by atoms with E-state index >= 15 is 0 Å². The highest BCUT2D eigenvalue weighted by molar-refractivity contribution is 6.21. The summed E-state index contributed by atoms with van der Waals surface area (Å²) in [7, 11) is 0. The summed E-state index contributed by atoms with van der Waals surface area (Å²) in [5, 5.41) is 10.8. The molecule has 0 saturated carbocycles. The summed E-state index contributed by atoms with van der Waals surface area (Å²) in [6, 6.07) is 23.7. The Labute approximate surface area is 146 Å². The van der Waals surface area contributed by atoms with Gasteiger partial charge < -0.3 is 5.32 Å².